The van der Waals surface area contributed by atoms with Crippen molar-refractivity contribution >= 4 is 11.4 Å². The summed E-state index contributed by atoms with van der Waals surface area (Å²) >= 11 is 0. The highest BCUT2D eigenvalue weighted by atomic mass is 16.5. The largest absolute Gasteiger partial charge is 0.496 e. The van der Waals surface area contributed by atoms with Gasteiger partial charge in [0.15, 0.2) is 0 Å². The molecule has 416 valence electrons. The molecular formula is C70H90N2O6. The first-order valence-corrected chi connectivity index (χ1v) is 28.5. The van der Waals surface area contributed by atoms with Gasteiger partial charge in [-0.1, -0.05) is 132 Å². The Morgan fingerprint density at radius 2 is 0.359 bits per heavy atom. The molecule has 0 spiro atoms. The van der Waals surface area contributed by atoms with E-state index in [1.165, 1.54) is 66.8 Å². The average Bonchev–Trinajstić information content (AvgIpc) is 3.49. The number of rotatable bonds is 8. The normalized spacial score (nSPS) is 14.6. The standard InChI is InChI=1S/C70H90N2O6/c1-67(2,3)55-31-43-19-20-44-32-56(68(4,5)6)36-48(62(44)74-14)24-28-52-40-59(39-51(65(52)77-17)27-23-47(35-55)61(43)73-13)71-72-60-41-53-29-25-49-37-57(69(7,8)9)33-45(63(49)75-15)21-22-46-34-58(70(10,11)12)38-50(64(46)76-16)26-30-54(42-60)66(53)78-18/h31-42H,19-30H2,1-18H3. The van der Waals surface area contributed by atoms with E-state index in [-0.39, 0.29) is 21.7 Å². The molecule has 6 aromatic rings. The molecule has 0 heterocycles. The van der Waals surface area contributed by atoms with Crippen molar-refractivity contribution in [2.24, 2.45) is 10.2 Å². The van der Waals surface area contributed by atoms with Crippen LogP contribution in [-0.2, 0) is 98.7 Å². The maximum absolute atomic E-state index is 6.42. The van der Waals surface area contributed by atoms with Crippen LogP contribution in [0.4, 0.5) is 11.4 Å². The molecule has 8 heteroatoms. The fraction of sp³-hybridized carbons (Fsp3) is 0.486. The molecule has 0 atom stereocenters. The molecule has 2 aliphatic carbocycles. The lowest BCUT2D eigenvalue weighted by Gasteiger charge is -2.25. The monoisotopic (exact) mass is 1050 g/mol. The number of azo groups is 1. The molecule has 0 unspecified atom stereocenters. The van der Waals surface area contributed by atoms with E-state index in [9.17, 15) is 0 Å². The molecule has 12 bridgehead atoms. The predicted molar refractivity (Wildman–Crippen MR) is 321 cm³/mol. The summed E-state index contributed by atoms with van der Waals surface area (Å²) in [5, 5.41) is 10.3. The molecule has 8 rings (SSSR count). The van der Waals surface area contributed by atoms with E-state index in [4.69, 9.17) is 38.6 Å². The Balaban J connectivity index is 1.29. The summed E-state index contributed by atoms with van der Waals surface area (Å²) in [7, 11) is 10.9. The van der Waals surface area contributed by atoms with Gasteiger partial charge in [0.25, 0.3) is 0 Å². The first-order chi connectivity index (χ1) is 36.9. The van der Waals surface area contributed by atoms with Crippen molar-refractivity contribution in [3.05, 3.63) is 162 Å². The van der Waals surface area contributed by atoms with Gasteiger partial charge in [0, 0.05) is 0 Å². The summed E-state index contributed by atoms with van der Waals surface area (Å²) in [6.45, 7) is 27.5. The molecule has 0 N–H and O–H groups in total. The molecule has 0 aliphatic heterocycles. The summed E-state index contributed by atoms with van der Waals surface area (Å²) in [4.78, 5) is 0. The molecule has 0 radical (unpaired) electrons. The molecule has 0 saturated heterocycles. The van der Waals surface area contributed by atoms with Crippen LogP contribution in [0.1, 0.15) is 172 Å². The van der Waals surface area contributed by atoms with Gasteiger partial charge in [-0.25, -0.2) is 0 Å². The fourth-order valence-corrected chi connectivity index (χ4v) is 11.9. The van der Waals surface area contributed by atoms with E-state index in [2.05, 4.69) is 156 Å². The first kappa shape index (κ1) is 57.9. The zero-order valence-corrected chi connectivity index (χ0v) is 50.8. The zero-order chi connectivity index (χ0) is 56.5. The number of ether oxygens (including phenoxy) is 6. The summed E-state index contributed by atoms with van der Waals surface area (Å²) in [5.41, 5.74) is 20.5. The second-order valence-corrected chi connectivity index (χ2v) is 26.1. The number of benzene rings is 6. The van der Waals surface area contributed by atoms with E-state index in [0.29, 0.717) is 0 Å². The number of aryl methyl sites for hydroxylation is 12. The molecular weight excluding hydrogens is 965 g/mol. The second kappa shape index (κ2) is 23.2. The predicted octanol–water partition coefficient (Wildman–Crippen LogP) is 16.7. The van der Waals surface area contributed by atoms with Crippen LogP contribution in [0, 0.1) is 0 Å². The van der Waals surface area contributed by atoms with Gasteiger partial charge in [0.05, 0.1) is 54.0 Å². The highest BCUT2D eigenvalue weighted by Crippen LogP contribution is 2.43. The van der Waals surface area contributed by atoms with Gasteiger partial charge < -0.3 is 28.4 Å². The molecule has 0 fully saturated rings. The minimum atomic E-state index is -0.0585. The lowest BCUT2D eigenvalue weighted by Crippen LogP contribution is -2.15. The zero-order valence-electron chi connectivity index (χ0n) is 50.8. The van der Waals surface area contributed by atoms with E-state index in [0.717, 1.165) is 145 Å². The van der Waals surface area contributed by atoms with Crippen LogP contribution in [0.3, 0.4) is 0 Å². The van der Waals surface area contributed by atoms with E-state index < -0.39 is 0 Å². The summed E-state index contributed by atoms with van der Waals surface area (Å²) < 4.78 is 38.3. The molecule has 8 nitrogen and oxygen atoms in total. The van der Waals surface area contributed by atoms with Gasteiger partial charge in [-0.3, -0.25) is 0 Å². The quantitative estimate of drug-likeness (QED) is 0.141. The van der Waals surface area contributed by atoms with Crippen LogP contribution in [0.25, 0.3) is 0 Å². The van der Waals surface area contributed by atoms with Crippen LogP contribution in [0.2, 0.25) is 0 Å². The number of nitrogens with zero attached hydrogens (tertiary/aromatic N) is 2. The van der Waals surface area contributed by atoms with Crippen molar-refractivity contribution in [2.45, 2.75) is 182 Å². The highest BCUT2D eigenvalue weighted by Gasteiger charge is 2.27. The lowest BCUT2D eigenvalue weighted by atomic mass is 9.82. The van der Waals surface area contributed by atoms with Gasteiger partial charge in [0.1, 0.15) is 34.5 Å². The van der Waals surface area contributed by atoms with Crippen molar-refractivity contribution in [1.82, 2.24) is 0 Å². The maximum atomic E-state index is 6.42. The van der Waals surface area contributed by atoms with E-state index in [1.54, 1.807) is 14.2 Å². The molecule has 0 saturated carbocycles. The van der Waals surface area contributed by atoms with Gasteiger partial charge in [0.2, 0.25) is 0 Å². The van der Waals surface area contributed by atoms with Crippen LogP contribution >= 0.6 is 0 Å². The Hall–Kier alpha value is -6.28. The van der Waals surface area contributed by atoms with Crippen LogP contribution in [-0.4, -0.2) is 42.7 Å². The minimum Gasteiger partial charge on any atom is -0.496 e. The number of fused-ring (bicyclic) bond motifs is 12. The van der Waals surface area contributed by atoms with Gasteiger partial charge in [-0.15, -0.1) is 0 Å². The average molecular weight is 1060 g/mol. The Morgan fingerprint density at radius 3 is 0.474 bits per heavy atom. The third kappa shape index (κ3) is 12.7. The van der Waals surface area contributed by atoms with E-state index >= 15 is 0 Å². The third-order valence-corrected chi connectivity index (χ3v) is 16.4. The van der Waals surface area contributed by atoms with Crippen LogP contribution < -0.4 is 28.4 Å². The molecule has 0 aromatic heterocycles. The molecule has 2 aliphatic rings. The molecule has 6 aromatic carbocycles. The topological polar surface area (TPSA) is 80.1 Å². The third-order valence-electron chi connectivity index (χ3n) is 16.4. The van der Waals surface area contributed by atoms with Crippen molar-refractivity contribution in [2.75, 3.05) is 42.7 Å². The van der Waals surface area contributed by atoms with Crippen LogP contribution in [0.5, 0.6) is 34.5 Å². The smallest absolute Gasteiger partial charge is 0.125 e. The number of hydrogen-bond acceptors (Lipinski definition) is 8. The molecule has 78 heavy (non-hydrogen) atoms. The lowest BCUT2D eigenvalue weighted by molar-refractivity contribution is 0.399. The van der Waals surface area contributed by atoms with Crippen molar-refractivity contribution in [3.63, 3.8) is 0 Å². The summed E-state index contributed by atoms with van der Waals surface area (Å²) in [6, 6.07) is 27.6. The SMILES string of the molecule is COc1c2cc(N=Nc3cc4c(OC)c(c3)CCc3cc(C(C)(C)C)cc(c3OC)CCc3cc(C(C)(C)C)cc(c3OC)CC4)cc1CCc1cc(C(C)(C)C)cc(c1OC)CCc1cc(C(C)(C)C)cc(c1OC)CC2. The Kier molecular flexibility index (Phi) is 17.2. The van der Waals surface area contributed by atoms with Crippen molar-refractivity contribution < 1.29 is 28.4 Å². The summed E-state index contributed by atoms with van der Waals surface area (Å²) in [5.74, 6) is 5.61. The van der Waals surface area contributed by atoms with Gasteiger partial charge in [-0.2, -0.15) is 10.2 Å². The van der Waals surface area contributed by atoms with Gasteiger partial charge in [-0.05, 0) is 212 Å². The Bertz CT molecular complexity index is 2780. The number of hydrogen-bond donors (Lipinski definition) is 0. The minimum absolute atomic E-state index is 0.0585. The summed E-state index contributed by atoms with van der Waals surface area (Å²) in [6.07, 6.45) is 9.32. The van der Waals surface area contributed by atoms with Gasteiger partial charge >= 0.3 is 0 Å². The van der Waals surface area contributed by atoms with Crippen molar-refractivity contribution in [3.8, 4) is 34.5 Å². The number of methoxy groups -OCH3 is 6. The van der Waals surface area contributed by atoms with E-state index in [1.807, 2.05) is 28.4 Å². The Labute approximate surface area is 468 Å². The maximum Gasteiger partial charge on any atom is 0.125 e. The highest BCUT2D eigenvalue weighted by molar-refractivity contribution is 5.59. The van der Waals surface area contributed by atoms with Crippen molar-refractivity contribution in [1.29, 1.82) is 0 Å². The Morgan fingerprint density at radius 1 is 0.231 bits per heavy atom. The second-order valence-electron chi connectivity index (χ2n) is 26.1. The first-order valence-electron chi connectivity index (χ1n) is 28.5. The fourth-order valence-electron chi connectivity index (χ4n) is 11.9. The molecule has 0 amide bonds. The van der Waals surface area contributed by atoms with Crippen LogP contribution in [0.15, 0.2) is 83.0 Å².